The minimum atomic E-state index is -0.907. The third kappa shape index (κ3) is 10.9. The highest BCUT2D eigenvalue weighted by molar-refractivity contribution is 6.06. The van der Waals surface area contributed by atoms with Crippen LogP contribution in [0.1, 0.15) is 98.3 Å². The summed E-state index contributed by atoms with van der Waals surface area (Å²) in [6.45, 7) is 8.56. The lowest BCUT2D eigenvalue weighted by Crippen LogP contribution is -2.47. The van der Waals surface area contributed by atoms with Gasteiger partial charge in [-0.15, -0.1) is 0 Å². The maximum Gasteiger partial charge on any atom is 0.331 e. The molecular formula is C23H42O6Si. The first kappa shape index (κ1) is 28.4. The first-order valence-electron chi connectivity index (χ1n) is 11.6. The van der Waals surface area contributed by atoms with Gasteiger partial charge in [0.25, 0.3) is 5.97 Å². The van der Waals surface area contributed by atoms with E-state index in [0.29, 0.717) is 36.4 Å². The zero-order valence-corrected chi connectivity index (χ0v) is 21.7. The molecule has 0 aromatic rings. The van der Waals surface area contributed by atoms with Gasteiger partial charge in [-0.2, -0.15) is 0 Å². The molecule has 0 bridgehead atoms. The molecule has 0 N–H and O–H groups in total. The van der Waals surface area contributed by atoms with E-state index in [-0.39, 0.29) is 5.97 Å². The van der Waals surface area contributed by atoms with Gasteiger partial charge in [-0.05, 0) is 38.5 Å². The van der Waals surface area contributed by atoms with Crippen molar-refractivity contribution in [1.82, 2.24) is 0 Å². The molecule has 174 valence electrons. The highest BCUT2D eigenvalue weighted by Gasteiger charge is 2.45. The molecule has 6 nitrogen and oxygen atoms in total. The fourth-order valence-electron chi connectivity index (χ4n) is 3.48. The lowest BCUT2D eigenvalue weighted by Gasteiger charge is -2.39. The first-order chi connectivity index (χ1) is 14.4. The molecule has 0 spiro atoms. The van der Waals surface area contributed by atoms with E-state index < -0.39 is 23.5 Å². The Morgan fingerprint density at radius 2 is 1.37 bits per heavy atom. The Hall–Kier alpha value is -1.63. The van der Waals surface area contributed by atoms with E-state index in [2.05, 4.69) is 20.8 Å². The molecule has 0 aromatic heterocycles. The van der Waals surface area contributed by atoms with Crippen LogP contribution in [0.25, 0.3) is 0 Å². The maximum atomic E-state index is 12.7. The largest absolute Gasteiger partial charge is 0.528 e. The van der Waals surface area contributed by atoms with Crippen molar-refractivity contribution >= 4 is 28.4 Å². The summed E-state index contributed by atoms with van der Waals surface area (Å²) in [5.74, 6) is -1.94. The van der Waals surface area contributed by atoms with Crippen LogP contribution in [0, 0.1) is 5.92 Å². The summed E-state index contributed by atoms with van der Waals surface area (Å²) in [7, 11) is 0.306. The van der Waals surface area contributed by atoms with Crippen LogP contribution in [0.4, 0.5) is 0 Å². The molecule has 0 aliphatic heterocycles. The highest BCUT2D eigenvalue weighted by atomic mass is 28.2. The molecule has 7 heteroatoms. The number of hydrogen-bond donors (Lipinski definition) is 0. The average molecular weight is 443 g/mol. The summed E-state index contributed by atoms with van der Waals surface area (Å²) in [5.41, 5.74) is -0.907. The van der Waals surface area contributed by atoms with Crippen LogP contribution in [0.3, 0.4) is 0 Å². The number of esters is 2. The molecule has 30 heavy (non-hydrogen) atoms. The van der Waals surface area contributed by atoms with E-state index in [1.54, 1.807) is 0 Å². The Morgan fingerprint density at radius 1 is 0.833 bits per heavy atom. The smallest absolute Gasteiger partial charge is 0.331 e. The molecule has 0 fully saturated rings. The Bertz CT molecular complexity index is 524. The van der Waals surface area contributed by atoms with E-state index in [1.165, 1.54) is 0 Å². The Kier molecular flexibility index (Phi) is 16.2. The topological polar surface area (TPSA) is 78.9 Å². The molecule has 0 aromatic carbocycles. The van der Waals surface area contributed by atoms with E-state index >= 15 is 0 Å². The number of ether oxygens (including phenoxy) is 2. The molecule has 0 amide bonds. The van der Waals surface area contributed by atoms with Gasteiger partial charge in [0.2, 0.25) is 10.5 Å². The molecular weight excluding hydrogens is 400 g/mol. The van der Waals surface area contributed by atoms with Crippen LogP contribution in [-0.4, -0.2) is 40.6 Å². The monoisotopic (exact) mass is 442 g/mol. The van der Waals surface area contributed by atoms with Crippen LogP contribution in [0.2, 0.25) is 0 Å². The average Bonchev–Trinajstić information content (AvgIpc) is 2.74. The van der Waals surface area contributed by atoms with Gasteiger partial charge >= 0.3 is 11.9 Å². The van der Waals surface area contributed by atoms with Crippen molar-refractivity contribution in [3.05, 3.63) is 12.2 Å². The molecule has 0 radical (unpaired) electrons. The summed E-state index contributed by atoms with van der Waals surface area (Å²) in [6, 6.07) is 0. The molecule has 0 saturated heterocycles. The summed E-state index contributed by atoms with van der Waals surface area (Å²) in [5, 5.41) is 0. The van der Waals surface area contributed by atoms with Crippen LogP contribution >= 0.6 is 0 Å². The van der Waals surface area contributed by atoms with Crippen molar-refractivity contribution in [3.8, 4) is 0 Å². The second kappa shape index (κ2) is 17.1. The van der Waals surface area contributed by atoms with Gasteiger partial charge in [-0.25, -0.2) is 9.59 Å². The zero-order chi connectivity index (χ0) is 22.8. The number of carbonyl (C=O) groups is 3. The second-order valence-electron chi connectivity index (χ2n) is 7.77. The van der Waals surface area contributed by atoms with Crippen LogP contribution in [0.5, 0.6) is 0 Å². The Balaban J connectivity index is 5.62. The van der Waals surface area contributed by atoms with Crippen molar-refractivity contribution in [2.45, 2.75) is 104 Å². The molecule has 1 unspecified atom stereocenters. The highest BCUT2D eigenvalue weighted by Crippen LogP contribution is 2.38. The van der Waals surface area contributed by atoms with Crippen molar-refractivity contribution in [2.75, 3.05) is 6.61 Å². The summed E-state index contributed by atoms with van der Waals surface area (Å²) in [4.78, 5) is 37.1. The van der Waals surface area contributed by atoms with E-state index in [1.807, 2.05) is 6.92 Å². The quantitative estimate of drug-likeness (QED) is 0.146. The SMILES string of the molecule is CCCCOC(=O)/C=C\C(=O)OC(CCCC)(CCCC)C(CCCC)C(=O)O[SiH3]. The van der Waals surface area contributed by atoms with Gasteiger partial charge in [0.1, 0.15) is 5.60 Å². The standard InChI is InChI=1S/C23H42O6Si/c1-5-9-13-19(22(26)29-30)23(16-10-6-2,17-11-7-3)28-21(25)15-14-20(24)27-18-12-8-4/h14-15,19H,5-13,16-18H2,1-4,30H3/b15-14-. The lowest BCUT2D eigenvalue weighted by molar-refractivity contribution is -0.172. The van der Waals surface area contributed by atoms with E-state index in [9.17, 15) is 14.4 Å². The summed E-state index contributed by atoms with van der Waals surface area (Å²) >= 11 is 0. The summed E-state index contributed by atoms with van der Waals surface area (Å²) < 4.78 is 16.3. The molecule has 0 saturated carbocycles. The Morgan fingerprint density at radius 3 is 1.87 bits per heavy atom. The van der Waals surface area contributed by atoms with Crippen LogP contribution in [0.15, 0.2) is 12.2 Å². The van der Waals surface area contributed by atoms with Gasteiger partial charge in [0.05, 0.1) is 12.5 Å². The summed E-state index contributed by atoms with van der Waals surface area (Å²) in [6.07, 6.45) is 11.1. The fraction of sp³-hybridized carbons (Fsp3) is 0.783. The number of rotatable bonds is 17. The van der Waals surface area contributed by atoms with Crippen molar-refractivity contribution in [2.24, 2.45) is 5.92 Å². The predicted molar refractivity (Wildman–Crippen MR) is 122 cm³/mol. The normalized spacial score (nSPS) is 12.7. The fourth-order valence-corrected chi connectivity index (χ4v) is 3.77. The van der Waals surface area contributed by atoms with Crippen molar-refractivity contribution in [1.29, 1.82) is 0 Å². The molecule has 0 heterocycles. The lowest BCUT2D eigenvalue weighted by atomic mass is 9.76. The third-order valence-electron chi connectivity index (χ3n) is 5.28. The number of carbonyl (C=O) groups excluding carboxylic acids is 3. The van der Waals surface area contributed by atoms with Crippen molar-refractivity contribution < 1.29 is 28.3 Å². The minimum absolute atomic E-state index is 0.280. The molecule has 0 rings (SSSR count). The number of hydrogen-bond acceptors (Lipinski definition) is 6. The molecule has 0 aliphatic carbocycles. The minimum Gasteiger partial charge on any atom is -0.528 e. The van der Waals surface area contributed by atoms with E-state index in [0.717, 1.165) is 63.5 Å². The van der Waals surface area contributed by atoms with Gasteiger partial charge in [-0.3, -0.25) is 4.79 Å². The van der Waals surface area contributed by atoms with Crippen molar-refractivity contribution in [3.63, 3.8) is 0 Å². The zero-order valence-electron chi connectivity index (χ0n) is 19.7. The first-order valence-corrected chi connectivity index (χ1v) is 12.4. The van der Waals surface area contributed by atoms with Gasteiger partial charge < -0.3 is 13.9 Å². The second-order valence-corrected chi connectivity index (χ2v) is 8.17. The van der Waals surface area contributed by atoms with E-state index in [4.69, 9.17) is 13.9 Å². The third-order valence-corrected chi connectivity index (χ3v) is 5.68. The molecule has 0 aliphatic rings. The Labute approximate surface area is 185 Å². The molecule has 1 atom stereocenters. The van der Waals surface area contributed by atoms with Crippen LogP contribution in [-0.2, 0) is 28.3 Å². The van der Waals surface area contributed by atoms with Gasteiger partial charge in [-0.1, -0.05) is 59.8 Å². The predicted octanol–water partition coefficient (Wildman–Crippen LogP) is 4.18. The van der Waals surface area contributed by atoms with Crippen LogP contribution < -0.4 is 0 Å². The number of unbranched alkanes of at least 4 members (excludes halogenated alkanes) is 4. The van der Waals surface area contributed by atoms with Gasteiger partial charge in [0, 0.05) is 12.2 Å². The maximum absolute atomic E-state index is 12.7. The van der Waals surface area contributed by atoms with Gasteiger partial charge in [0.15, 0.2) is 0 Å².